The summed E-state index contributed by atoms with van der Waals surface area (Å²) in [6, 6.07) is 11.1. The predicted molar refractivity (Wildman–Crippen MR) is 167 cm³/mol. The molecule has 0 bridgehead atoms. The molecule has 2 saturated heterocycles. The smallest absolute Gasteiger partial charge is 0.410 e. The summed E-state index contributed by atoms with van der Waals surface area (Å²) in [7, 11) is 3.79. The molecule has 0 spiro atoms. The van der Waals surface area contributed by atoms with Crippen LogP contribution in [0.5, 0.6) is 5.75 Å². The number of carbonyl (C=O) groups excluding carboxylic acids is 2. The molecule has 236 valence electrons. The maximum atomic E-state index is 12.4. The van der Waals surface area contributed by atoms with Crippen molar-refractivity contribution in [1.82, 2.24) is 10.2 Å². The van der Waals surface area contributed by atoms with Gasteiger partial charge in [-0.05, 0) is 68.5 Å². The Hall–Kier alpha value is -2.37. The Morgan fingerprint density at radius 1 is 1.14 bits per heavy atom. The first-order valence-electron chi connectivity index (χ1n) is 14.7. The van der Waals surface area contributed by atoms with Gasteiger partial charge in [0.1, 0.15) is 36.6 Å². The Morgan fingerprint density at radius 3 is 2.56 bits per heavy atom. The number of halogens is 2. The number of aliphatic carboxylic acids is 1. The second-order valence-electron chi connectivity index (χ2n) is 13.2. The van der Waals surface area contributed by atoms with Gasteiger partial charge in [-0.15, -0.1) is 0 Å². The van der Waals surface area contributed by atoms with E-state index in [4.69, 9.17) is 25.8 Å². The van der Waals surface area contributed by atoms with Gasteiger partial charge in [0.2, 0.25) is 0 Å². The lowest BCUT2D eigenvalue weighted by molar-refractivity contribution is -0.897. The molecular weight excluding hydrogens is 638 g/mol. The van der Waals surface area contributed by atoms with Crippen molar-refractivity contribution in [1.29, 1.82) is 0 Å². The van der Waals surface area contributed by atoms with Crippen LogP contribution in [-0.4, -0.2) is 79.5 Å². The molecule has 2 fully saturated rings. The summed E-state index contributed by atoms with van der Waals surface area (Å²) in [4.78, 5) is 25.8. The maximum Gasteiger partial charge on any atom is 0.410 e. The molecule has 0 aliphatic carbocycles. The van der Waals surface area contributed by atoms with Gasteiger partial charge in [-0.25, -0.2) is 4.79 Å². The lowest BCUT2D eigenvalue weighted by atomic mass is 10.1. The SMILES string of the molecule is CC(C)(C)OC(=O)N1CCC(CNCc2cc(COC3CC(C(=O)[O-])[N+](C)(C)C3)cc(OCc3ccc(Cl)cc3Br)c2)C1. The third-order valence-corrected chi connectivity index (χ3v) is 8.87. The van der Waals surface area contributed by atoms with Crippen molar-refractivity contribution in [2.75, 3.05) is 40.3 Å². The van der Waals surface area contributed by atoms with E-state index in [0.29, 0.717) is 67.0 Å². The number of likely N-dealkylation sites (tertiary alicyclic amines) is 2. The molecule has 0 aromatic heterocycles. The van der Waals surface area contributed by atoms with Crippen molar-refractivity contribution in [2.45, 2.75) is 71.1 Å². The van der Waals surface area contributed by atoms with Crippen molar-refractivity contribution in [2.24, 2.45) is 5.92 Å². The largest absolute Gasteiger partial charge is 0.544 e. The summed E-state index contributed by atoms with van der Waals surface area (Å²) in [6.45, 7) is 9.70. The predicted octanol–water partition coefficient (Wildman–Crippen LogP) is 4.51. The molecule has 43 heavy (non-hydrogen) atoms. The van der Waals surface area contributed by atoms with Crippen LogP contribution in [-0.2, 0) is 34.0 Å². The molecule has 0 saturated carbocycles. The highest BCUT2D eigenvalue weighted by Gasteiger charge is 2.42. The number of hydrogen-bond donors (Lipinski definition) is 1. The molecule has 3 unspecified atom stereocenters. The Labute approximate surface area is 268 Å². The van der Waals surface area contributed by atoms with Gasteiger partial charge in [-0.3, -0.25) is 0 Å². The van der Waals surface area contributed by atoms with Gasteiger partial charge in [-0.1, -0.05) is 39.7 Å². The molecule has 2 aliphatic heterocycles. The molecule has 1 N–H and O–H groups in total. The summed E-state index contributed by atoms with van der Waals surface area (Å²) in [5, 5.41) is 15.8. The van der Waals surface area contributed by atoms with Gasteiger partial charge in [0.15, 0.2) is 0 Å². The molecule has 11 heteroatoms. The van der Waals surface area contributed by atoms with Gasteiger partial charge in [-0.2, -0.15) is 0 Å². The fourth-order valence-electron chi connectivity index (χ4n) is 5.69. The van der Waals surface area contributed by atoms with E-state index in [0.717, 1.165) is 34.1 Å². The summed E-state index contributed by atoms with van der Waals surface area (Å²) >= 11 is 9.65. The number of likely N-dealkylation sites (N-methyl/N-ethyl adjacent to an activating group) is 1. The summed E-state index contributed by atoms with van der Waals surface area (Å²) in [5.41, 5.74) is 2.46. The van der Waals surface area contributed by atoms with Crippen LogP contribution in [0.4, 0.5) is 4.79 Å². The fourth-order valence-corrected chi connectivity index (χ4v) is 6.48. The van der Waals surface area contributed by atoms with Gasteiger partial charge >= 0.3 is 6.09 Å². The van der Waals surface area contributed by atoms with Crippen LogP contribution in [0.1, 0.15) is 50.3 Å². The number of amides is 1. The molecule has 3 atom stereocenters. The molecule has 4 rings (SSSR count). The number of rotatable bonds is 11. The molecule has 9 nitrogen and oxygen atoms in total. The zero-order chi connectivity index (χ0) is 31.4. The van der Waals surface area contributed by atoms with E-state index in [9.17, 15) is 14.7 Å². The highest BCUT2D eigenvalue weighted by atomic mass is 79.9. The Kier molecular flexibility index (Phi) is 11.0. The molecule has 2 aliphatic rings. The number of benzene rings is 2. The minimum absolute atomic E-state index is 0.177. The van der Waals surface area contributed by atoms with Crippen LogP contribution in [0.3, 0.4) is 0 Å². The first-order chi connectivity index (χ1) is 20.2. The highest BCUT2D eigenvalue weighted by Crippen LogP contribution is 2.28. The molecule has 2 aromatic carbocycles. The number of carboxylic acids is 1. The second kappa shape index (κ2) is 14.2. The topological polar surface area (TPSA) is 100 Å². The lowest BCUT2D eigenvalue weighted by Gasteiger charge is -2.31. The number of nitrogens with one attached hydrogen (secondary N) is 1. The molecule has 0 radical (unpaired) electrons. The van der Waals surface area contributed by atoms with Gasteiger partial charge in [0, 0.05) is 47.7 Å². The summed E-state index contributed by atoms with van der Waals surface area (Å²) < 4.78 is 19.2. The summed E-state index contributed by atoms with van der Waals surface area (Å²) in [5.74, 6) is 0.0223. The van der Waals surface area contributed by atoms with E-state index >= 15 is 0 Å². The zero-order valence-corrected chi connectivity index (χ0v) is 28.0. The van der Waals surface area contributed by atoms with Crippen molar-refractivity contribution in [3.8, 4) is 5.75 Å². The number of hydrogen-bond acceptors (Lipinski definition) is 7. The standard InChI is InChI=1S/C32H43BrClN3O6/c1-32(2,3)43-31(40)36-9-8-21(17-36)15-35-16-22-10-23(19-41-27-14-29(30(38)39)37(4,5)18-27)12-26(11-22)42-20-24-6-7-25(34)13-28(24)33/h6-7,10-13,21,27,29,35H,8-9,14-20H2,1-5H3. The molecule has 2 aromatic rings. The van der Waals surface area contributed by atoms with Crippen LogP contribution in [0.2, 0.25) is 5.02 Å². The average molecular weight is 681 g/mol. The van der Waals surface area contributed by atoms with Crippen LogP contribution < -0.4 is 15.2 Å². The van der Waals surface area contributed by atoms with Crippen LogP contribution in [0.15, 0.2) is 40.9 Å². The van der Waals surface area contributed by atoms with Crippen LogP contribution in [0.25, 0.3) is 0 Å². The van der Waals surface area contributed by atoms with Gasteiger partial charge in [0.05, 0.1) is 26.7 Å². The quantitative estimate of drug-likeness (QED) is 0.349. The van der Waals surface area contributed by atoms with Crippen LogP contribution in [0, 0.1) is 5.92 Å². The van der Waals surface area contributed by atoms with Crippen molar-refractivity contribution < 1.29 is 33.4 Å². The number of carbonyl (C=O) groups is 2. The van der Waals surface area contributed by atoms with E-state index in [2.05, 4.69) is 27.3 Å². The van der Waals surface area contributed by atoms with E-state index < -0.39 is 17.6 Å². The van der Waals surface area contributed by atoms with Crippen molar-refractivity contribution in [3.05, 3.63) is 62.6 Å². The number of nitrogens with zero attached hydrogens (tertiary/aromatic N) is 2. The summed E-state index contributed by atoms with van der Waals surface area (Å²) in [6.07, 6.45) is 0.913. The number of ether oxygens (including phenoxy) is 3. The van der Waals surface area contributed by atoms with Crippen molar-refractivity contribution in [3.63, 3.8) is 0 Å². The Balaban J connectivity index is 1.38. The minimum Gasteiger partial charge on any atom is -0.544 e. The zero-order valence-electron chi connectivity index (χ0n) is 25.7. The third-order valence-electron chi connectivity index (χ3n) is 7.90. The maximum absolute atomic E-state index is 12.4. The Bertz CT molecular complexity index is 1300. The second-order valence-corrected chi connectivity index (χ2v) is 14.5. The first-order valence-corrected chi connectivity index (χ1v) is 15.9. The fraction of sp³-hybridized carbons (Fsp3) is 0.562. The average Bonchev–Trinajstić information content (AvgIpc) is 3.50. The van der Waals surface area contributed by atoms with Crippen LogP contribution >= 0.6 is 27.5 Å². The lowest BCUT2D eigenvalue weighted by Crippen LogP contribution is -2.53. The van der Waals surface area contributed by atoms with Gasteiger partial charge in [0.25, 0.3) is 0 Å². The van der Waals surface area contributed by atoms with E-state index in [-0.39, 0.29) is 12.2 Å². The normalized spacial score (nSPS) is 21.7. The number of carboxylic acid groups (broad SMARTS) is 1. The molecule has 1 amide bonds. The monoisotopic (exact) mass is 679 g/mol. The van der Waals surface area contributed by atoms with E-state index in [1.54, 1.807) is 4.90 Å². The van der Waals surface area contributed by atoms with Gasteiger partial charge < -0.3 is 38.8 Å². The molecular formula is C32H43BrClN3O6. The Morgan fingerprint density at radius 2 is 1.88 bits per heavy atom. The first kappa shape index (κ1) is 33.5. The highest BCUT2D eigenvalue weighted by molar-refractivity contribution is 9.10. The molecule has 2 heterocycles. The van der Waals surface area contributed by atoms with E-state index in [1.165, 1.54) is 0 Å². The van der Waals surface area contributed by atoms with E-state index in [1.807, 2.05) is 65.2 Å². The minimum atomic E-state index is -1.04. The third kappa shape index (κ3) is 9.81. The number of quaternary nitrogens is 1. The van der Waals surface area contributed by atoms with Crippen molar-refractivity contribution >= 4 is 39.6 Å².